The van der Waals surface area contributed by atoms with Crippen molar-refractivity contribution >= 4 is 11.8 Å². The van der Waals surface area contributed by atoms with Gasteiger partial charge in [-0.25, -0.2) is 4.79 Å². The Kier molecular flexibility index (Phi) is 7.13. The summed E-state index contributed by atoms with van der Waals surface area (Å²) in [6, 6.07) is 16.8. The number of benzene rings is 2. The molecule has 5 heteroatoms. The number of nitrogens with zero attached hydrogens (tertiary/aromatic N) is 3. The molecule has 166 valence electrons. The monoisotopic (exact) mass is 421 g/mol. The lowest BCUT2D eigenvalue weighted by Gasteiger charge is -2.37. The van der Waals surface area contributed by atoms with E-state index in [-0.39, 0.29) is 12.1 Å². The van der Waals surface area contributed by atoms with Crippen LogP contribution in [0.2, 0.25) is 0 Å². The fourth-order valence-electron chi connectivity index (χ4n) is 4.87. The second-order valence-corrected chi connectivity index (χ2v) is 8.77. The molecule has 0 bridgehead atoms. The summed E-state index contributed by atoms with van der Waals surface area (Å²) < 4.78 is 5.58. The molecular weight excluding hydrogens is 386 g/mol. The van der Waals surface area contributed by atoms with Gasteiger partial charge in [-0.1, -0.05) is 43.3 Å². The highest BCUT2D eigenvalue weighted by molar-refractivity contribution is 5.68. The molecule has 0 radical (unpaired) electrons. The number of aryl methyl sites for hydroxylation is 1. The third-order valence-corrected chi connectivity index (χ3v) is 6.65. The van der Waals surface area contributed by atoms with Crippen molar-refractivity contribution in [2.75, 3.05) is 44.7 Å². The number of piperazine rings is 1. The zero-order valence-electron chi connectivity index (χ0n) is 18.9. The van der Waals surface area contributed by atoms with Crippen LogP contribution in [0, 0.1) is 0 Å². The van der Waals surface area contributed by atoms with Crippen LogP contribution >= 0.6 is 0 Å². The van der Waals surface area contributed by atoms with Crippen LogP contribution in [-0.4, -0.2) is 55.7 Å². The van der Waals surface area contributed by atoms with E-state index in [1.165, 1.54) is 29.8 Å². The van der Waals surface area contributed by atoms with Crippen molar-refractivity contribution in [1.82, 2.24) is 9.80 Å². The van der Waals surface area contributed by atoms with E-state index in [0.717, 1.165) is 51.0 Å². The van der Waals surface area contributed by atoms with Crippen molar-refractivity contribution in [1.29, 1.82) is 0 Å². The lowest BCUT2D eigenvalue weighted by Crippen LogP contribution is -2.46. The van der Waals surface area contributed by atoms with E-state index in [1.54, 1.807) is 4.90 Å². The van der Waals surface area contributed by atoms with Crippen LogP contribution in [0.15, 0.2) is 48.5 Å². The first-order valence-corrected chi connectivity index (χ1v) is 11.7. The first-order valence-electron chi connectivity index (χ1n) is 11.7. The number of fused-ring (bicyclic) bond motifs is 1. The standard InChI is InChI=1S/C26H35N3O2/c1-3-14-28-15-17-29(18-16-28)23-12-13-24-22(19-23)10-7-11-25(24)27(2)26(30)31-20-21-8-5-4-6-9-21/h4-6,8-9,12-13,19,25H,3,7,10-11,14-18,20H2,1-2H3. The summed E-state index contributed by atoms with van der Waals surface area (Å²) in [5, 5.41) is 0. The van der Waals surface area contributed by atoms with Crippen molar-refractivity contribution < 1.29 is 9.53 Å². The second-order valence-electron chi connectivity index (χ2n) is 8.77. The summed E-state index contributed by atoms with van der Waals surface area (Å²) in [4.78, 5) is 19.6. The summed E-state index contributed by atoms with van der Waals surface area (Å²) >= 11 is 0. The van der Waals surface area contributed by atoms with Crippen LogP contribution in [0.25, 0.3) is 0 Å². The molecule has 0 spiro atoms. The maximum atomic E-state index is 12.7. The van der Waals surface area contributed by atoms with Gasteiger partial charge in [0.2, 0.25) is 0 Å². The first kappa shape index (κ1) is 21.7. The summed E-state index contributed by atoms with van der Waals surface area (Å²) in [5.74, 6) is 0. The van der Waals surface area contributed by atoms with Crippen LogP contribution in [0.1, 0.15) is 48.9 Å². The molecule has 2 aliphatic rings. The molecule has 1 aliphatic carbocycles. The fraction of sp³-hybridized carbons (Fsp3) is 0.500. The maximum absolute atomic E-state index is 12.7. The van der Waals surface area contributed by atoms with Crippen LogP contribution in [0.3, 0.4) is 0 Å². The number of carbonyl (C=O) groups is 1. The highest BCUT2D eigenvalue weighted by Gasteiger charge is 2.28. The average Bonchev–Trinajstić information content (AvgIpc) is 2.82. The highest BCUT2D eigenvalue weighted by Crippen LogP contribution is 2.36. The normalized spacial score (nSPS) is 19.0. The molecule has 1 atom stereocenters. The number of hydrogen-bond acceptors (Lipinski definition) is 4. The van der Waals surface area contributed by atoms with Crippen molar-refractivity contribution in [3.63, 3.8) is 0 Å². The Labute approximate surface area is 186 Å². The van der Waals surface area contributed by atoms with Gasteiger partial charge in [-0.05, 0) is 61.1 Å². The molecule has 2 aromatic carbocycles. The van der Waals surface area contributed by atoms with E-state index in [0.29, 0.717) is 6.61 Å². The lowest BCUT2D eigenvalue weighted by atomic mass is 9.86. The van der Waals surface area contributed by atoms with Gasteiger partial charge in [0.15, 0.2) is 0 Å². The smallest absolute Gasteiger partial charge is 0.410 e. The van der Waals surface area contributed by atoms with E-state index in [4.69, 9.17) is 4.74 Å². The number of amides is 1. The Hall–Kier alpha value is -2.53. The van der Waals surface area contributed by atoms with Gasteiger partial charge in [0.05, 0.1) is 6.04 Å². The first-order chi connectivity index (χ1) is 15.2. The SMILES string of the molecule is CCCN1CCN(c2ccc3c(c2)CCCC3N(C)C(=O)OCc2ccccc2)CC1. The molecule has 2 aromatic rings. The molecule has 1 aliphatic heterocycles. The molecule has 1 unspecified atom stereocenters. The van der Waals surface area contributed by atoms with Crippen LogP contribution in [-0.2, 0) is 17.8 Å². The third kappa shape index (κ3) is 5.21. The van der Waals surface area contributed by atoms with Crippen LogP contribution in [0.5, 0.6) is 0 Å². The van der Waals surface area contributed by atoms with E-state index in [9.17, 15) is 4.79 Å². The molecule has 5 nitrogen and oxygen atoms in total. The predicted molar refractivity (Wildman–Crippen MR) is 125 cm³/mol. The Morgan fingerprint density at radius 1 is 1.10 bits per heavy atom. The van der Waals surface area contributed by atoms with Gasteiger partial charge in [-0.3, -0.25) is 4.90 Å². The largest absolute Gasteiger partial charge is 0.445 e. The van der Waals surface area contributed by atoms with Crippen molar-refractivity contribution in [3.8, 4) is 0 Å². The van der Waals surface area contributed by atoms with Crippen LogP contribution in [0.4, 0.5) is 10.5 Å². The number of anilines is 1. The average molecular weight is 422 g/mol. The predicted octanol–water partition coefficient (Wildman–Crippen LogP) is 4.86. The zero-order chi connectivity index (χ0) is 21.6. The summed E-state index contributed by atoms with van der Waals surface area (Å²) in [6.07, 6.45) is 4.14. The quantitative estimate of drug-likeness (QED) is 0.667. The van der Waals surface area contributed by atoms with Gasteiger partial charge in [-0.2, -0.15) is 0 Å². The van der Waals surface area contributed by atoms with Gasteiger partial charge in [-0.15, -0.1) is 0 Å². The zero-order valence-corrected chi connectivity index (χ0v) is 18.9. The molecule has 1 saturated heterocycles. The highest BCUT2D eigenvalue weighted by atomic mass is 16.6. The van der Waals surface area contributed by atoms with E-state index in [2.05, 4.69) is 34.9 Å². The minimum absolute atomic E-state index is 0.0856. The Bertz CT molecular complexity index is 862. The molecule has 1 amide bonds. The van der Waals surface area contributed by atoms with Crippen molar-refractivity contribution in [2.45, 2.75) is 45.3 Å². The van der Waals surface area contributed by atoms with Gasteiger partial charge < -0.3 is 14.5 Å². The third-order valence-electron chi connectivity index (χ3n) is 6.65. The Morgan fingerprint density at radius 3 is 2.61 bits per heavy atom. The fourth-order valence-corrected chi connectivity index (χ4v) is 4.87. The molecule has 1 fully saturated rings. The van der Waals surface area contributed by atoms with Gasteiger partial charge in [0.25, 0.3) is 0 Å². The summed E-state index contributed by atoms with van der Waals surface area (Å²) in [5.41, 5.74) is 4.99. The molecular formula is C26H35N3O2. The Balaban J connectivity index is 1.40. The number of rotatable bonds is 6. The summed E-state index contributed by atoms with van der Waals surface area (Å²) in [6.45, 7) is 8.23. The lowest BCUT2D eigenvalue weighted by molar-refractivity contribution is 0.0876. The molecule has 1 heterocycles. The molecule has 0 aromatic heterocycles. The Morgan fingerprint density at radius 2 is 1.87 bits per heavy atom. The molecule has 4 rings (SSSR count). The van der Waals surface area contributed by atoms with E-state index >= 15 is 0 Å². The molecule has 0 saturated carbocycles. The topological polar surface area (TPSA) is 36.0 Å². The van der Waals surface area contributed by atoms with E-state index < -0.39 is 0 Å². The molecule has 0 N–H and O–H groups in total. The second kappa shape index (κ2) is 10.2. The summed E-state index contributed by atoms with van der Waals surface area (Å²) in [7, 11) is 1.87. The van der Waals surface area contributed by atoms with Gasteiger partial charge in [0, 0.05) is 38.9 Å². The van der Waals surface area contributed by atoms with Crippen molar-refractivity contribution in [3.05, 3.63) is 65.2 Å². The number of ether oxygens (including phenoxy) is 1. The maximum Gasteiger partial charge on any atom is 0.410 e. The molecule has 31 heavy (non-hydrogen) atoms. The van der Waals surface area contributed by atoms with Gasteiger partial charge >= 0.3 is 6.09 Å². The van der Waals surface area contributed by atoms with E-state index in [1.807, 2.05) is 37.4 Å². The van der Waals surface area contributed by atoms with Crippen LogP contribution < -0.4 is 4.90 Å². The number of carbonyl (C=O) groups excluding carboxylic acids is 1. The number of hydrogen-bond donors (Lipinski definition) is 0. The minimum atomic E-state index is -0.252. The van der Waals surface area contributed by atoms with Crippen molar-refractivity contribution in [2.24, 2.45) is 0 Å². The minimum Gasteiger partial charge on any atom is -0.445 e. The van der Waals surface area contributed by atoms with Gasteiger partial charge in [0.1, 0.15) is 6.61 Å².